The van der Waals surface area contributed by atoms with E-state index < -0.39 is 0 Å². The van der Waals surface area contributed by atoms with E-state index in [4.69, 9.17) is 4.74 Å². The Kier molecular flexibility index (Phi) is 4.23. The Hall–Kier alpha value is -1.62. The molecule has 0 radical (unpaired) electrons. The monoisotopic (exact) mass is 291 g/mol. The maximum atomic E-state index is 12.7. The van der Waals surface area contributed by atoms with E-state index in [0.717, 1.165) is 12.4 Å². The molecule has 1 aromatic heterocycles. The Balaban J connectivity index is 2.21. The zero-order chi connectivity index (χ0) is 15.7. The smallest absolute Gasteiger partial charge is 0.272 e. The fourth-order valence-electron chi connectivity index (χ4n) is 2.93. The molecule has 0 aromatic carbocycles. The number of nitrogens with zero attached hydrogens (tertiary/aromatic N) is 2. The Labute approximate surface area is 126 Å². The fraction of sp³-hybridized carbons (Fsp3) is 0.625. The highest BCUT2D eigenvalue weighted by atomic mass is 16.5. The first-order valence-electron chi connectivity index (χ1n) is 7.43. The Morgan fingerprint density at radius 2 is 1.90 bits per heavy atom. The molecule has 0 spiro atoms. The number of pyridine rings is 1. The second-order valence-corrected chi connectivity index (χ2v) is 6.72. The van der Waals surface area contributed by atoms with Gasteiger partial charge in [-0.1, -0.05) is 6.07 Å². The molecule has 1 amide bonds. The van der Waals surface area contributed by atoms with Crippen LogP contribution in [0, 0.1) is 0 Å². The van der Waals surface area contributed by atoms with Crippen LogP contribution in [0.25, 0.3) is 0 Å². The van der Waals surface area contributed by atoms with Crippen LogP contribution in [0.2, 0.25) is 0 Å². The molecule has 2 rings (SSSR count). The fourth-order valence-corrected chi connectivity index (χ4v) is 2.93. The molecule has 0 unspecified atom stereocenters. The first-order chi connectivity index (χ1) is 9.72. The van der Waals surface area contributed by atoms with Crippen LogP contribution in [-0.2, 0) is 4.74 Å². The molecule has 0 saturated carbocycles. The number of rotatable bonds is 3. The Bertz CT molecular complexity index is 510. The van der Waals surface area contributed by atoms with Crippen LogP contribution in [0.5, 0.6) is 0 Å². The van der Waals surface area contributed by atoms with Crippen molar-refractivity contribution in [1.29, 1.82) is 0 Å². The van der Waals surface area contributed by atoms with Gasteiger partial charge in [0.05, 0.1) is 11.2 Å². The average molecular weight is 291 g/mol. The summed E-state index contributed by atoms with van der Waals surface area (Å²) in [7, 11) is 0. The van der Waals surface area contributed by atoms with Crippen LogP contribution in [0.15, 0.2) is 18.2 Å². The number of anilines is 1. The van der Waals surface area contributed by atoms with Crippen LogP contribution in [0.1, 0.15) is 45.1 Å². The van der Waals surface area contributed by atoms with Gasteiger partial charge in [0, 0.05) is 19.6 Å². The standard InChI is InChI=1S/C16H25N3O2/c1-6-17-13-9-7-8-12(18-13)14(20)19-10-15(2,3)21-16(4,5)11-19/h7-9H,6,10-11H2,1-5H3,(H,17,18). The average Bonchev–Trinajstić information content (AvgIpc) is 2.35. The number of amides is 1. The highest BCUT2D eigenvalue weighted by Crippen LogP contribution is 2.28. The number of morpholine rings is 1. The van der Waals surface area contributed by atoms with E-state index in [1.807, 2.05) is 51.7 Å². The van der Waals surface area contributed by atoms with Gasteiger partial charge in [0.1, 0.15) is 11.5 Å². The molecule has 1 N–H and O–H groups in total. The van der Waals surface area contributed by atoms with Gasteiger partial charge in [-0.15, -0.1) is 0 Å². The molecule has 1 aliphatic heterocycles. The summed E-state index contributed by atoms with van der Waals surface area (Å²) in [5.74, 6) is 0.689. The number of nitrogens with one attached hydrogen (secondary N) is 1. The molecule has 0 bridgehead atoms. The van der Waals surface area contributed by atoms with Gasteiger partial charge in [0.15, 0.2) is 0 Å². The van der Waals surface area contributed by atoms with Gasteiger partial charge in [-0.2, -0.15) is 0 Å². The van der Waals surface area contributed by atoms with Crippen molar-refractivity contribution in [3.8, 4) is 0 Å². The number of ether oxygens (including phenoxy) is 1. The summed E-state index contributed by atoms with van der Waals surface area (Å²) < 4.78 is 6.01. The maximum absolute atomic E-state index is 12.7. The zero-order valence-corrected chi connectivity index (χ0v) is 13.6. The van der Waals surface area contributed by atoms with E-state index in [1.165, 1.54) is 0 Å². The van der Waals surface area contributed by atoms with Gasteiger partial charge >= 0.3 is 0 Å². The minimum absolute atomic E-state index is 0.0424. The molecule has 1 aliphatic rings. The second-order valence-electron chi connectivity index (χ2n) is 6.72. The molecule has 21 heavy (non-hydrogen) atoms. The van der Waals surface area contributed by atoms with Crippen molar-refractivity contribution >= 4 is 11.7 Å². The van der Waals surface area contributed by atoms with E-state index >= 15 is 0 Å². The van der Waals surface area contributed by atoms with Crippen LogP contribution in [0.4, 0.5) is 5.82 Å². The van der Waals surface area contributed by atoms with Crippen molar-refractivity contribution in [2.45, 2.75) is 45.8 Å². The van der Waals surface area contributed by atoms with Crippen molar-refractivity contribution in [2.24, 2.45) is 0 Å². The van der Waals surface area contributed by atoms with Crippen molar-refractivity contribution < 1.29 is 9.53 Å². The molecule has 0 atom stereocenters. The summed E-state index contributed by atoms with van der Waals surface area (Å²) >= 11 is 0. The molecule has 1 fully saturated rings. The lowest BCUT2D eigenvalue weighted by molar-refractivity contribution is -0.171. The predicted molar refractivity (Wildman–Crippen MR) is 83.5 cm³/mol. The minimum atomic E-state index is -0.351. The van der Waals surface area contributed by atoms with Crippen LogP contribution in [0.3, 0.4) is 0 Å². The first-order valence-corrected chi connectivity index (χ1v) is 7.43. The zero-order valence-electron chi connectivity index (χ0n) is 13.6. The van der Waals surface area contributed by atoms with Gasteiger partial charge < -0.3 is 15.0 Å². The van der Waals surface area contributed by atoms with Crippen LogP contribution >= 0.6 is 0 Å². The summed E-state index contributed by atoms with van der Waals surface area (Å²) in [5.41, 5.74) is -0.227. The summed E-state index contributed by atoms with van der Waals surface area (Å²) in [5, 5.41) is 3.13. The second kappa shape index (κ2) is 5.64. The van der Waals surface area contributed by atoms with Gasteiger partial charge in [-0.05, 0) is 46.8 Å². The topological polar surface area (TPSA) is 54.5 Å². The van der Waals surface area contributed by atoms with E-state index in [9.17, 15) is 4.79 Å². The number of carbonyl (C=O) groups excluding carboxylic acids is 1. The highest BCUT2D eigenvalue weighted by molar-refractivity contribution is 5.92. The highest BCUT2D eigenvalue weighted by Gasteiger charge is 2.40. The molecule has 116 valence electrons. The summed E-state index contributed by atoms with van der Waals surface area (Å²) in [6, 6.07) is 5.49. The van der Waals surface area contributed by atoms with Crippen molar-refractivity contribution in [2.75, 3.05) is 25.0 Å². The molecule has 1 saturated heterocycles. The van der Waals surface area contributed by atoms with Gasteiger partial charge in [0.2, 0.25) is 0 Å². The van der Waals surface area contributed by atoms with Gasteiger partial charge in [-0.3, -0.25) is 4.79 Å². The van der Waals surface area contributed by atoms with Crippen molar-refractivity contribution in [3.05, 3.63) is 23.9 Å². The number of hydrogen-bond donors (Lipinski definition) is 1. The molecular weight excluding hydrogens is 266 g/mol. The molecule has 5 nitrogen and oxygen atoms in total. The largest absolute Gasteiger partial charge is 0.370 e. The molecule has 5 heteroatoms. The Morgan fingerprint density at radius 1 is 1.29 bits per heavy atom. The number of aromatic nitrogens is 1. The van der Waals surface area contributed by atoms with Crippen LogP contribution in [-0.4, -0.2) is 46.6 Å². The molecular formula is C16H25N3O2. The third-order valence-electron chi connectivity index (χ3n) is 3.31. The van der Waals surface area contributed by atoms with Crippen LogP contribution < -0.4 is 5.32 Å². The predicted octanol–water partition coefficient (Wildman–Crippen LogP) is 2.54. The number of hydrogen-bond acceptors (Lipinski definition) is 4. The lowest BCUT2D eigenvalue weighted by Crippen LogP contribution is -2.58. The lowest BCUT2D eigenvalue weighted by Gasteiger charge is -2.47. The van der Waals surface area contributed by atoms with Crippen molar-refractivity contribution in [1.82, 2.24) is 9.88 Å². The third-order valence-corrected chi connectivity index (χ3v) is 3.31. The van der Waals surface area contributed by atoms with E-state index in [2.05, 4.69) is 10.3 Å². The summed E-state index contributed by atoms with van der Waals surface area (Å²) in [6.45, 7) is 12.0. The van der Waals surface area contributed by atoms with E-state index in [0.29, 0.717) is 18.8 Å². The Morgan fingerprint density at radius 3 is 2.48 bits per heavy atom. The van der Waals surface area contributed by atoms with E-state index in [1.54, 1.807) is 6.07 Å². The molecule has 2 heterocycles. The van der Waals surface area contributed by atoms with Gasteiger partial charge in [-0.25, -0.2) is 4.98 Å². The minimum Gasteiger partial charge on any atom is -0.370 e. The lowest BCUT2D eigenvalue weighted by atomic mass is 9.98. The molecule has 0 aliphatic carbocycles. The normalized spacial score (nSPS) is 20.1. The molecule has 1 aromatic rings. The SMILES string of the molecule is CCNc1cccc(C(=O)N2CC(C)(C)OC(C)(C)C2)n1. The van der Waals surface area contributed by atoms with E-state index in [-0.39, 0.29) is 17.1 Å². The first kappa shape index (κ1) is 15.8. The van der Waals surface area contributed by atoms with Gasteiger partial charge in [0.25, 0.3) is 5.91 Å². The third kappa shape index (κ3) is 3.94. The quantitative estimate of drug-likeness (QED) is 0.930. The maximum Gasteiger partial charge on any atom is 0.272 e. The number of carbonyl (C=O) groups is 1. The summed E-state index contributed by atoms with van der Waals surface area (Å²) in [6.07, 6.45) is 0. The van der Waals surface area contributed by atoms with Crippen molar-refractivity contribution in [3.63, 3.8) is 0 Å². The summed E-state index contributed by atoms with van der Waals surface area (Å²) in [4.78, 5) is 18.9.